The van der Waals surface area contributed by atoms with E-state index >= 15 is 0 Å². The summed E-state index contributed by atoms with van der Waals surface area (Å²) in [4.78, 5) is 0. The number of hydrogen-bond donors (Lipinski definition) is 0. The molecule has 1 unspecified atom stereocenters. The Balaban J connectivity index is 1.55. The average molecular weight is 497 g/mol. The van der Waals surface area contributed by atoms with Gasteiger partial charge >= 0.3 is 0 Å². The summed E-state index contributed by atoms with van der Waals surface area (Å²) in [6, 6.07) is 22.4. The van der Waals surface area contributed by atoms with Gasteiger partial charge in [-0.3, -0.25) is 0 Å². The van der Waals surface area contributed by atoms with E-state index in [1.54, 1.807) is 0 Å². The maximum absolute atomic E-state index is 6.30. The monoisotopic (exact) mass is 496 g/mol. The maximum atomic E-state index is 6.30. The zero-order chi connectivity index (χ0) is 22.2. The van der Waals surface area contributed by atoms with E-state index in [1.165, 1.54) is 11.1 Å². The van der Waals surface area contributed by atoms with Gasteiger partial charge in [-0.2, -0.15) is 0 Å². The minimum Gasteiger partial charge on any atom is -0.488 e. The zero-order valence-corrected chi connectivity index (χ0v) is 20.0. The normalized spacial score (nSPS) is 14.9. The largest absolute Gasteiger partial charge is 0.488 e. The molecule has 1 heterocycles. The van der Waals surface area contributed by atoms with E-state index < -0.39 is 0 Å². The van der Waals surface area contributed by atoms with Crippen LogP contribution < -0.4 is 9.47 Å². The lowest BCUT2D eigenvalue weighted by Crippen LogP contribution is -2.09. The van der Waals surface area contributed by atoms with Crippen LogP contribution in [0, 0.1) is 0 Å². The first kappa shape index (κ1) is 22.8. The standard InChI is InChI=1S/C27H29BrO4/c1-2-23-24(13-14-29-18-22-19-30-22)27(28)26(32-17-21-11-7-4-8-12-21)15-25(23)31-16-20-9-5-3-6-10-20/h3-12,15,22H,2,13-14,16-19H2,1H3. The summed E-state index contributed by atoms with van der Waals surface area (Å²) < 4.78 is 24.6. The van der Waals surface area contributed by atoms with Crippen molar-refractivity contribution in [3.8, 4) is 11.5 Å². The molecule has 0 aliphatic carbocycles. The summed E-state index contributed by atoms with van der Waals surface area (Å²) >= 11 is 3.81. The summed E-state index contributed by atoms with van der Waals surface area (Å²) in [5, 5.41) is 0. The lowest BCUT2D eigenvalue weighted by atomic mass is 10.0. The number of rotatable bonds is 12. The molecular formula is C27H29BrO4. The molecule has 3 aromatic rings. The minimum atomic E-state index is 0.273. The van der Waals surface area contributed by atoms with E-state index in [0.29, 0.717) is 26.4 Å². The van der Waals surface area contributed by atoms with Gasteiger partial charge in [-0.1, -0.05) is 67.6 Å². The van der Waals surface area contributed by atoms with Crippen molar-refractivity contribution in [2.75, 3.05) is 19.8 Å². The molecule has 0 spiro atoms. The van der Waals surface area contributed by atoms with Crippen LogP contribution in [0.2, 0.25) is 0 Å². The van der Waals surface area contributed by atoms with Gasteiger partial charge in [-0.15, -0.1) is 0 Å². The second kappa shape index (κ2) is 11.5. The van der Waals surface area contributed by atoms with E-state index in [0.717, 1.165) is 46.5 Å². The van der Waals surface area contributed by atoms with Gasteiger partial charge in [0.15, 0.2) is 0 Å². The van der Waals surface area contributed by atoms with Crippen LogP contribution in [0.25, 0.3) is 0 Å². The summed E-state index contributed by atoms with van der Waals surface area (Å²) in [5.41, 5.74) is 4.63. The lowest BCUT2D eigenvalue weighted by molar-refractivity contribution is 0.119. The molecule has 0 bridgehead atoms. The fourth-order valence-electron chi connectivity index (χ4n) is 3.61. The van der Waals surface area contributed by atoms with Crippen molar-refractivity contribution in [3.63, 3.8) is 0 Å². The molecule has 0 aromatic heterocycles. The van der Waals surface area contributed by atoms with Crippen molar-refractivity contribution in [2.24, 2.45) is 0 Å². The Morgan fingerprint density at radius 3 is 2.03 bits per heavy atom. The van der Waals surface area contributed by atoms with Crippen LogP contribution in [-0.2, 0) is 35.5 Å². The predicted molar refractivity (Wildman–Crippen MR) is 129 cm³/mol. The Morgan fingerprint density at radius 1 is 0.875 bits per heavy atom. The number of benzene rings is 3. The second-order valence-electron chi connectivity index (χ2n) is 7.83. The SMILES string of the molecule is CCc1c(OCc2ccccc2)cc(OCc2ccccc2)c(Br)c1CCOCC1CO1. The summed E-state index contributed by atoms with van der Waals surface area (Å²) in [7, 11) is 0. The third kappa shape index (κ3) is 6.35. The molecule has 1 aliphatic rings. The van der Waals surface area contributed by atoms with Gasteiger partial charge in [0.1, 0.15) is 30.8 Å². The Labute approximate surface area is 198 Å². The van der Waals surface area contributed by atoms with Gasteiger partial charge in [0, 0.05) is 6.07 Å². The Hall–Kier alpha value is -2.34. The Kier molecular flexibility index (Phi) is 8.21. The van der Waals surface area contributed by atoms with Crippen molar-refractivity contribution in [1.82, 2.24) is 0 Å². The molecule has 1 fully saturated rings. The molecule has 0 saturated carbocycles. The van der Waals surface area contributed by atoms with Crippen molar-refractivity contribution < 1.29 is 18.9 Å². The first-order valence-corrected chi connectivity index (χ1v) is 11.9. The van der Waals surface area contributed by atoms with Gasteiger partial charge in [0.25, 0.3) is 0 Å². The highest BCUT2D eigenvalue weighted by atomic mass is 79.9. The van der Waals surface area contributed by atoms with Crippen molar-refractivity contribution >= 4 is 15.9 Å². The highest BCUT2D eigenvalue weighted by molar-refractivity contribution is 9.10. The van der Waals surface area contributed by atoms with Crippen LogP contribution in [0.4, 0.5) is 0 Å². The highest BCUT2D eigenvalue weighted by Crippen LogP contribution is 2.39. The van der Waals surface area contributed by atoms with Crippen molar-refractivity contribution in [1.29, 1.82) is 0 Å². The molecular weight excluding hydrogens is 468 g/mol. The van der Waals surface area contributed by atoms with Crippen LogP contribution in [0.15, 0.2) is 71.2 Å². The van der Waals surface area contributed by atoms with Crippen LogP contribution in [0.5, 0.6) is 11.5 Å². The molecule has 5 heteroatoms. The molecule has 3 aromatic carbocycles. The van der Waals surface area contributed by atoms with E-state index in [4.69, 9.17) is 18.9 Å². The Bertz CT molecular complexity index is 988. The lowest BCUT2D eigenvalue weighted by Gasteiger charge is -2.20. The first-order chi connectivity index (χ1) is 15.7. The molecule has 32 heavy (non-hydrogen) atoms. The third-order valence-electron chi connectivity index (χ3n) is 5.44. The third-order valence-corrected chi connectivity index (χ3v) is 6.30. The topological polar surface area (TPSA) is 40.2 Å². The molecule has 1 atom stereocenters. The number of ether oxygens (including phenoxy) is 4. The number of halogens is 1. The van der Waals surface area contributed by atoms with Crippen molar-refractivity contribution in [3.05, 3.63) is 93.5 Å². The van der Waals surface area contributed by atoms with E-state index in [9.17, 15) is 0 Å². The average Bonchev–Trinajstić information content (AvgIpc) is 3.66. The van der Waals surface area contributed by atoms with Crippen LogP contribution in [0.1, 0.15) is 29.2 Å². The van der Waals surface area contributed by atoms with Gasteiger partial charge in [-0.25, -0.2) is 0 Å². The fraction of sp³-hybridized carbons (Fsp3) is 0.333. The van der Waals surface area contributed by atoms with Gasteiger partial charge in [0.05, 0.1) is 24.3 Å². The van der Waals surface area contributed by atoms with Crippen LogP contribution in [-0.4, -0.2) is 25.9 Å². The van der Waals surface area contributed by atoms with E-state index in [2.05, 4.69) is 47.1 Å². The van der Waals surface area contributed by atoms with Gasteiger partial charge < -0.3 is 18.9 Å². The molecule has 1 saturated heterocycles. The minimum absolute atomic E-state index is 0.273. The fourth-order valence-corrected chi connectivity index (χ4v) is 4.27. The first-order valence-electron chi connectivity index (χ1n) is 11.1. The summed E-state index contributed by atoms with van der Waals surface area (Å²) in [5.74, 6) is 1.65. The molecule has 168 valence electrons. The second-order valence-corrected chi connectivity index (χ2v) is 8.62. The van der Waals surface area contributed by atoms with Crippen LogP contribution >= 0.6 is 15.9 Å². The van der Waals surface area contributed by atoms with E-state index in [-0.39, 0.29) is 6.10 Å². The molecule has 4 rings (SSSR count). The molecule has 0 amide bonds. The van der Waals surface area contributed by atoms with Crippen LogP contribution in [0.3, 0.4) is 0 Å². The number of epoxide rings is 1. The molecule has 0 N–H and O–H groups in total. The smallest absolute Gasteiger partial charge is 0.137 e. The number of hydrogen-bond acceptors (Lipinski definition) is 4. The molecule has 1 aliphatic heterocycles. The quantitative estimate of drug-likeness (QED) is 0.223. The zero-order valence-electron chi connectivity index (χ0n) is 18.4. The summed E-state index contributed by atoms with van der Waals surface area (Å²) in [6.07, 6.45) is 1.91. The predicted octanol–water partition coefficient (Wildman–Crippen LogP) is 6.13. The molecule has 0 radical (unpaired) electrons. The van der Waals surface area contributed by atoms with E-state index in [1.807, 2.05) is 42.5 Å². The maximum Gasteiger partial charge on any atom is 0.137 e. The summed E-state index contributed by atoms with van der Waals surface area (Å²) in [6.45, 7) is 5.27. The van der Waals surface area contributed by atoms with Gasteiger partial charge in [-0.05, 0) is 51.0 Å². The van der Waals surface area contributed by atoms with Gasteiger partial charge in [0.2, 0.25) is 0 Å². The van der Waals surface area contributed by atoms with Crippen molar-refractivity contribution in [2.45, 2.75) is 39.1 Å². The molecule has 4 nitrogen and oxygen atoms in total. The Morgan fingerprint density at radius 2 is 1.47 bits per heavy atom. The highest BCUT2D eigenvalue weighted by Gasteiger charge is 2.23.